The van der Waals surface area contributed by atoms with Gasteiger partial charge in [0.25, 0.3) is 5.22 Å². The Bertz CT molecular complexity index is 736. The van der Waals surface area contributed by atoms with Gasteiger partial charge >= 0.3 is 0 Å². The summed E-state index contributed by atoms with van der Waals surface area (Å²) < 4.78 is 10.8. The van der Waals surface area contributed by atoms with Gasteiger partial charge in [0.15, 0.2) is 0 Å². The summed E-state index contributed by atoms with van der Waals surface area (Å²) in [6.07, 6.45) is 0. The fourth-order valence-electron chi connectivity index (χ4n) is 1.95. The van der Waals surface area contributed by atoms with Crippen LogP contribution in [0.1, 0.15) is 11.1 Å². The largest absolute Gasteiger partial charge is 0.497 e. The molecule has 3 rings (SSSR count). The first kappa shape index (κ1) is 14.7. The second-order valence-electron chi connectivity index (χ2n) is 4.88. The topological polar surface area (TPSA) is 48.2 Å². The van der Waals surface area contributed by atoms with Gasteiger partial charge in [-0.15, -0.1) is 10.2 Å². The standard InChI is InChI=1S/C17H16N2O2S/c1-12-3-5-13(6-4-12)11-22-17-19-18-16(21-17)14-7-9-15(20-2)10-8-14/h3-10H,11H2,1-2H3. The van der Waals surface area contributed by atoms with Gasteiger partial charge in [0.2, 0.25) is 5.89 Å². The minimum Gasteiger partial charge on any atom is -0.497 e. The summed E-state index contributed by atoms with van der Waals surface area (Å²) in [4.78, 5) is 0. The van der Waals surface area contributed by atoms with E-state index in [9.17, 15) is 0 Å². The molecule has 0 aliphatic carbocycles. The molecule has 4 nitrogen and oxygen atoms in total. The van der Waals surface area contributed by atoms with Crippen LogP contribution in [0.25, 0.3) is 11.5 Å². The maximum Gasteiger partial charge on any atom is 0.277 e. The van der Waals surface area contributed by atoms with Crippen LogP contribution in [-0.4, -0.2) is 17.3 Å². The van der Waals surface area contributed by atoms with Crippen molar-refractivity contribution in [1.29, 1.82) is 0 Å². The molecule has 0 radical (unpaired) electrons. The first-order chi connectivity index (χ1) is 10.7. The number of ether oxygens (including phenoxy) is 1. The van der Waals surface area contributed by atoms with Gasteiger partial charge in [-0.25, -0.2) is 0 Å². The van der Waals surface area contributed by atoms with Crippen LogP contribution >= 0.6 is 11.8 Å². The zero-order chi connectivity index (χ0) is 15.4. The second kappa shape index (κ2) is 6.66. The highest BCUT2D eigenvalue weighted by Gasteiger charge is 2.09. The van der Waals surface area contributed by atoms with Gasteiger partial charge in [-0.05, 0) is 36.8 Å². The van der Waals surface area contributed by atoms with Crippen LogP contribution in [0.3, 0.4) is 0 Å². The zero-order valence-electron chi connectivity index (χ0n) is 12.4. The Kier molecular flexibility index (Phi) is 4.44. The molecule has 1 heterocycles. The fourth-order valence-corrected chi connectivity index (χ4v) is 2.67. The first-order valence-corrected chi connectivity index (χ1v) is 7.89. The molecule has 0 aliphatic rings. The predicted octanol–water partition coefficient (Wildman–Crippen LogP) is 4.35. The number of aryl methyl sites for hydroxylation is 1. The molecule has 0 unspecified atom stereocenters. The van der Waals surface area contributed by atoms with E-state index in [1.165, 1.54) is 22.9 Å². The molecule has 112 valence electrons. The molecule has 0 saturated carbocycles. The SMILES string of the molecule is COc1ccc(-c2nnc(SCc3ccc(C)cc3)o2)cc1. The zero-order valence-corrected chi connectivity index (χ0v) is 13.3. The van der Waals surface area contributed by atoms with Crippen LogP contribution in [0.15, 0.2) is 58.2 Å². The fraction of sp³-hybridized carbons (Fsp3) is 0.176. The third-order valence-corrected chi connectivity index (χ3v) is 4.12. The second-order valence-corrected chi connectivity index (χ2v) is 5.80. The highest BCUT2D eigenvalue weighted by molar-refractivity contribution is 7.98. The number of hydrogen-bond acceptors (Lipinski definition) is 5. The summed E-state index contributed by atoms with van der Waals surface area (Å²) >= 11 is 1.54. The van der Waals surface area contributed by atoms with E-state index < -0.39 is 0 Å². The number of hydrogen-bond donors (Lipinski definition) is 0. The Morgan fingerprint density at radius 1 is 1.00 bits per heavy atom. The maximum atomic E-state index is 5.69. The highest BCUT2D eigenvalue weighted by Crippen LogP contribution is 2.26. The number of nitrogens with zero attached hydrogens (tertiary/aromatic N) is 2. The molecule has 0 aliphatic heterocycles. The van der Waals surface area contributed by atoms with E-state index in [0.29, 0.717) is 11.1 Å². The van der Waals surface area contributed by atoms with Gasteiger partial charge in [-0.1, -0.05) is 41.6 Å². The number of aromatic nitrogens is 2. The molecule has 3 aromatic rings. The number of thioether (sulfide) groups is 1. The molecule has 0 atom stereocenters. The Morgan fingerprint density at radius 3 is 2.41 bits per heavy atom. The molecule has 5 heteroatoms. The lowest BCUT2D eigenvalue weighted by Gasteiger charge is -2.00. The van der Waals surface area contributed by atoms with Crippen LogP contribution in [0.4, 0.5) is 0 Å². The van der Waals surface area contributed by atoms with E-state index in [1.807, 2.05) is 24.3 Å². The van der Waals surface area contributed by atoms with Crippen molar-refractivity contribution in [3.63, 3.8) is 0 Å². The molecule has 0 bridgehead atoms. The summed E-state index contributed by atoms with van der Waals surface area (Å²) in [5, 5.41) is 8.75. The molecule has 0 amide bonds. The average Bonchev–Trinajstić information content (AvgIpc) is 3.03. The maximum absolute atomic E-state index is 5.69. The van der Waals surface area contributed by atoms with Crippen molar-refractivity contribution in [2.45, 2.75) is 17.9 Å². The van der Waals surface area contributed by atoms with Crippen LogP contribution in [-0.2, 0) is 5.75 Å². The molecule has 2 aromatic carbocycles. The molecular weight excluding hydrogens is 296 g/mol. The summed E-state index contributed by atoms with van der Waals surface area (Å²) in [7, 11) is 1.64. The van der Waals surface area contributed by atoms with Crippen molar-refractivity contribution >= 4 is 11.8 Å². The lowest BCUT2D eigenvalue weighted by atomic mass is 10.2. The molecule has 1 aromatic heterocycles. The Hall–Kier alpha value is -2.27. The van der Waals surface area contributed by atoms with Crippen molar-refractivity contribution in [2.24, 2.45) is 0 Å². The van der Waals surface area contributed by atoms with E-state index in [0.717, 1.165) is 17.1 Å². The van der Waals surface area contributed by atoms with Gasteiger partial charge < -0.3 is 9.15 Å². The number of methoxy groups -OCH3 is 1. The van der Waals surface area contributed by atoms with Gasteiger partial charge in [-0.3, -0.25) is 0 Å². The summed E-state index contributed by atoms with van der Waals surface area (Å²) in [5.41, 5.74) is 3.38. The lowest BCUT2D eigenvalue weighted by molar-refractivity contribution is 0.414. The third-order valence-electron chi connectivity index (χ3n) is 3.23. The Balaban J connectivity index is 1.66. The quantitative estimate of drug-likeness (QED) is 0.656. The summed E-state index contributed by atoms with van der Waals surface area (Å²) in [6, 6.07) is 16.0. The van der Waals surface area contributed by atoms with Crippen LogP contribution < -0.4 is 4.74 Å². The predicted molar refractivity (Wildman–Crippen MR) is 87.0 cm³/mol. The van der Waals surface area contributed by atoms with Crippen molar-refractivity contribution in [3.05, 3.63) is 59.7 Å². The Labute approximate surface area is 133 Å². The lowest BCUT2D eigenvalue weighted by Crippen LogP contribution is -1.82. The van der Waals surface area contributed by atoms with Crippen molar-refractivity contribution in [2.75, 3.05) is 7.11 Å². The van der Waals surface area contributed by atoms with Gasteiger partial charge in [0, 0.05) is 11.3 Å². The molecule has 22 heavy (non-hydrogen) atoms. The first-order valence-electron chi connectivity index (χ1n) is 6.91. The normalized spacial score (nSPS) is 10.6. The Morgan fingerprint density at radius 2 is 1.73 bits per heavy atom. The van der Waals surface area contributed by atoms with Gasteiger partial charge in [-0.2, -0.15) is 0 Å². The van der Waals surface area contributed by atoms with Gasteiger partial charge in [0.1, 0.15) is 5.75 Å². The van der Waals surface area contributed by atoms with E-state index in [4.69, 9.17) is 9.15 Å². The van der Waals surface area contributed by atoms with Crippen molar-refractivity contribution < 1.29 is 9.15 Å². The molecule has 0 N–H and O–H groups in total. The highest BCUT2D eigenvalue weighted by atomic mass is 32.2. The average molecular weight is 312 g/mol. The minimum atomic E-state index is 0.522. The van der Waals surface area contributed by atoms with E-state index in [2.05, 4.69) is 41.4 Å². The van der Waals surface area contributed by atoms with Gasteiger partial charge in [0.05, 0.1) is 7.11 Å². The minimum absolute atomic E-state index is 0.522. The van der Waals surface area contributed by atoms with E-state index in [1.54, 1.807) is 7.11 Å². The van der Waals surface area contributed by atoms with Crippen LogP contribution in [0.5, 0.6) is 5.75 Å². The summed E-state index contributed by atoms with van der Waals surface area (Å²) in [6.45, 7) is 2.08. The molecular formula is C17H16N2O2S. The molecule has 0 spiro atoms. The van der Waals surface area contributed by atoms with Crippen molar-refractivity contribution in [1.82, 2.24) is 10.2 Å². The van der Waals surface area contributed by atoms with Crippen LogP contribution in [0, 0.1) is 6.92 Å². The third kappa shape index (κ3) is 3.49. The molecule has 0 fully saturated rings. The summed E-state index contributed by atoms with van der Waals surface area (Å²) in [5.74, 6) is 2.14. The van der Waals surface area contributed by atoms with Crippen molar-refractivity contribution in [3.8, 4) is 17.2 Å². The van der Waals surface area contributed by atoms with Crippen LogP contribution in [0.2, 0.25) is 0 Å². The molecule has 0 saturated heterocycles. The smallest absolute Gasteiger partial charge is 0.277 e. The number of rotatable bonds is 5. The van der Waals surface area contributed by atoms with E-state index >= 15 is 0 Å². The van der Waals surface area contributed by atoms with E-state index in [-0.39, 0.29) is 0 Å². The number of benzene rings is 2. The monoisotopic (exact) mass is 312 g/mol.